The van der Waals surface area contributed by atoms with E-state index in [1.165, 1.54) is 16.7 Å². The van der Waals surface area contributed by atoms with E-state index in [4.69, 9.17) is 0 Å². The number of aryl methyl sites for hydroxylation is 2. The summed E-state index contributed by atoms with van der Waals surface area (Å²) < 4.78 is 0. The highest BCUT2D eigenvalue weighted by Gasteiger charge is 2.33. The largest absolute Gasteiger partial charge is 0.356 e. The number of anilines is 1. The van der Waals surface area contributed by atoms with Gasteiger partial charge in [0.05, 0.1) is 6.04 Å². The van der Waals surface area contributed by atoms with Crippen LogP contribution in [0.5, 0.6) is 0 Å². The zero-order valence-electron chi connectivity index (χ0n) is 16.9. The number of piperidine rings is 1. The van der Waals surface area contributed by atoms with Crippen molar-refractivity contribution < 1.29 is 4.79 Å². The van der Waals surface area contributed by atoms with Crippen LogP contribution in [0.2, 0.25) is 0 Å². The lowest BCUT2D eigenvalue weighted by molar-refractivity contribution is 0.186. The van der Waals surface area contributed by atoms with Crippen LogP contribution in [0.1, 0.15) is 48.4 Å². The fourth-order valence-corrected chi connectivity index (χ4v) is 4.71. The van der Waals surface area contributed by atoms with Crippen LogP contribution in [0.25, 0.3) is 0 Å². The van der Waals surface area contributed by atoms with E-state index in [0.29, 0.717) is 0 Å². The number of carbonyl (C=O) groups excluding carboxylic acids is 1. The molecule has 1 aromatic carbocycles. The van der Waals surface area contributed by atoms with Crippen molar-refractivity contribution in [2.45, 2.75) is 51.6 Å². The van der Waals surface area contributed by atoms with Crippen molar-refractivity contribution in [1.82, 2.24) is 15.2 Å². The second kappa shape index (κ2) is 8.21. The zero-order valence-corrected chi connectivity index (χ0v) is 16.9. The van der Waals surface area contributed by atoms with E-state index < -0.39 is 0 Å². The second-order valence-electron chi connectivity index (χ2n) is 8.06. The Bertz CT molecular complexity index is 794. The van der Waals surface area contributed by atoms with Gasteiger partial charge < -0.3 is 15.1 Å². The highest BCUT2D eigenvalue weighted by atomic mass is 16.2. The van der Waals surface area contributed by atoms with Gasteiger partial charge in [-0.2, -0.15) is 0 Å². The molecule has 1 atom stereocenters. The van der Waals surface area contributed by atoms with Crippen molar-refractivity contribution in [3.63, 3.8) is 0 Å². The van der Waals surface area contributed by atoms with E-state index in [9.17, 15) is 4.79 Å². The summed E-state index contributed by atoms with van der Waals surface area (Å²) in [5.41, 5.74) is 3.90. The molecule has 5 nitrogen and oxygen atoms in total. The van der Waals surface area contributed by atoms with Crippen molar-refractivity contribution in [2.24, 2.45) is 0 Å². The minimum absolute atomic E-state index is 0.0986. The van der Waals surface area contributed by atoms with Crippen LogP contribution in [-0.2, 0) is 0 Å². The third-order valence-electron chi connectivity index (χ3n) is 6.18. The molecule has 0 bridgehead atoms. The van der Waals surface area contributed by atoms with Crippen LogP contribution >= 0.6 is 0 Å². The molecular weight excluding hydrogens is 348 g/mol. The molecule has 2 saturated heterocycles. The Morgan fingerprint density at radius 1 is 1.00 bits per heavy atom. The fourth-order valence-electron chi connectivity index (χ4n) is 4.71. The van der Waals surface area contributed by atoms with Crippen molar-refractivity contribution in [3.8, 4) is 0 Å². The summed E-state index contributed by atoms with van der Waals surface area (Å²) in [5, 5.41) is 3.31. The van der Waals surface area contributed by atoms with E-state index in [1.807, 2.05) is 18.3 Å². The van der Waals surface area contributed by atoms with Gasteiger partial charge in [-0.05, 0) is 68.4 Å². The van der Waals surface area contributed by atoms with E-state index in [1.54, 1.807) is 0 Å². The van der Waals surface area contributed by atoms with E-state index >= 15 is 0 Å². The molecule has 2 amide bonds. The van der Waals surface area contributed by atoms with Gasteiger partial charge in [-0.25, -0.2) is 9.78 Å². The van der Waals surface area contributed by atoms with E-state index in [2.05, 4.69) is 58.2 Å². The molecule has 1 aromatic heterocycles. The molecule has 0 aliphatic carbocycles. The number of aromatic nitrogens is 1. The number of nitrogens with zero attached hydrogens (tertiary/aromatic N) is 3. The lowest BCUT2D eigenvalue weighted by atomic mass is 9.94. The van der Waals surface area contributed by atoms with E-state index in [-0.39, 0.29) is 18.1 Å². The number of likely N-dealkylation sites (tertiary alicyclic amines) is 1. The van der Waals surface area contributed by atoms with Gasteiger partial charge in [0.1, 0.15) is 5.82 Å². The lowest BCUT2D eigenvalue weighted by Crippen LogP contribution is -2.49. The first-order valence-corrected chi connectivity index (χ1v) is 10.4. The summed E-state index contributed by atoms with van der Waals surface area (Å²) >= 11 is 0. The molecule has 28 heavy (non-hydrogen) atoms. The van der Waals surface area contributed by atoms with Crippen molar-refractivity contribution in [1.29, 1.82) is 0 Å². The maximum Gasteiger partial charge on any atom is 0.318 e. The van der Waals surface area contributed by atoms with Gasteiger partial charge in [-0.15, -0.1) is 0 Å². The Morgan fingerprint density at radius 3 is 2.43 bits per heavy atom. The van der Waals surface area contributed by atoms with Crippen LogP contribution in [0.15, 0.2) is 42.6 Å². The van der Waals surface area contributed by atoms with Crippen molar-refractivity contribution in [3.05, 3.63) is 59.3 Å². The molecule has 0 radical (unpaired) electrons. The summed E-state index contributed by atoms with van der Waals surface area (Å²) in [6, 6.07) is 13.0. The van der Waals surface area contributed by atoms with Gasteiger partial charge in [0, 0.05) is 31.9 Å². The van der Waals surface area contributed by atoms with Gasteiger partial charge in [0.25, 0.3) is 0 Å². The third-order valence-corrected chi connectivity index (χ3v) is 6.18. The Hall–Kier alpha value is -2.56. The number of hydrogen-bond acceptors (Lipinski definition) is 3. The SMILES string of the molecule is Cc1cccc(C)c1C1CCCN1C(=O)NC1CCN(c2ccccn2)CC1. The Morgan fingerprint density at radius 2 is 1.75 bits per heavy atom. The van der Waals surface area contributed by atoms with E-state index in [0.717, 1.165) is 51.1 Å². The molecule has 4 rings (SSSR count). The van der Waals surface area contributed by atoms with Crippen molar-refractivity contribution >= 4 is 11.8 Å². The monoisotopic (exact) mass is 378 g/mol. The van der Waals surface area contributed by atoms with Crippen molar-refractivity contribution in [2.75, 3.05) is 24.5 Å². The van der Waals surface area contributed by atoms with Gasteiger partial charge in [0.15, 0.2) is 0 Å². The number of pyridine rings is 1. The Balaban J connectivity index is 1.37. The first kappa shape index (κ1) is 18.8. The molecule has 5 heteroatoms. The molecule has 2 aromatic rings. The molecule has 2 aliphatic rings. The highest BCUT2D eigenvalue weighted by molar-refractivity contribution is 5.75. The molecular formula is C23H30N4O. The number of benzene rings is 1. The number of amides is 2. The predicted molar refractivity (Wildman–Crippen MR) is 113 cm³/mol. The molecule has 0 saturated carbocycles. The molecule has 148 valence electrons. The Kier molecular flexibility index (Phi) is 5.51. The maximum atomic E-state index is 13.1. The quantitative estimate of drug-likeness (QED) is 0.870. The highest BCUT2D eigenvalue weighted by Crippen LogP contribution is 2.35. The average Bonchev–Trinajstić information content (AvgIpc) is 3.19. The van der Waals surface area contributed by atoms with Gasteiger partial charge >= 0.3 is 6.03 Å². The Labute approximate surface area is 167 Å². The standard InChI is InChI=1S/C23H30N4O/c1-17-7-5-8-18(2)22(17)20-9-6-14-27(20)23(28)25-19-11-15-26(16-12-19)21-10-3-4-13-24-21/h3-5,7-8,10,13,19-20H,6,9,11-12,14-16H2,1-2H3,(H,25,28). The summed E-state index contributed by atoms with van der Waals surface area (Å²) in [6.07, 6.45) is 5.89. The number of urea groups is 1. The summed E-state index contributed by atoms with van der Waals surface area (Å²) in [5.74, 6) is 1.03. The third kappa shape index (κ3) is 3.84. The average molecular weight is 379 g/mol. The first-order chi connectivity index (χ1) is 13.6. The fraction of sp³-hybridized carbons (Fsp3) is 0.478. The number of carbonyl (C=O) groups is 1. The maximum absolute atomic E-state index is 13.1. The topological polar surface area (TPSA) is 48.5 Å². The minimum Gasteiger partial charge on any atom is -0.356 e. The molecule has 0 spiro atoms. The lowest BCUT2D eigenvalue weighted by Gasteiger charge is -2.35. The molecule has 2 aliphatic heterocycles. The van der Waals surface area contributed by atoms with Gasteiger partial charge in [-0.3, -0.25) is 0 Å². The number of nitrogens with one attached hydrogen (secondary N) is 1. The molecule has 2 fully saturated rings. The predicted octanol–water partition coefficient (Wildman–Crippen LogP) is 4.21. The smallest absolute Gasteiger partial charge is 0.318 e. The van der Waals surface area contributed by atoms with Crippen LogP contribution in [0.4, 0.5) is 10.6 Å². The summed E-state index contributed by atoms with van der Waals surface area (Å²) in [7, 11) is 0. The van der Waals surface area contributed by atoms with Crippen LogP contribution in [0.3, 0.4) is 0 Å². The van der Waals surface area contributed by atoms with Crippen LogP contribution in [0, 0.1) is 13.8 Å². The number of rotatable bonds is 3. The van der Waals surface area contributed by atoms with Gasteiger partial charge in [-0.1, -0.05) is 24.3 Å². The van der Waals surface area contributed by atoms with Crippen LogP contribution < -0.4 is 10.2 Å². The molecule has 3 heterocycles. The molecule has 1 N–H and O–H groups in total. The summed E-state index contributed by atoms with van der Waals surface area (Å²) in [4.78, 5) is 21.9. The normalized spacial score (nSPS) is 20.4. The van der Waals surface area contributed by atoms with Gasteiger partial charge in [0.2, 0.25) is 0 Å². The van der Waals surface area contributed by atoms with Crippen LogP contribution in [-0.4, -0.2) is 41.6 Å². The number of hydrogen-bond donors (Lipinski definition) is 1. The minimum atomic E-state index is 0.0986. The zero-order chi connectivity index (χ0) is 19.5. The molecule has 1 unspecified atom stereocenters. The first-order valence-electron chi connectivity index (χ1n) is 10.4. The second-order valence-corrected chi connectivity index (χ2v) is 8.06. The summed E-state index contributed by atoms with van der Waals surface area (Å²) in [6.45, 7) is 7.02.